The van der Waals surface area contributed by atoms with Crippen LogP contribution in [-0.2, 0) is 4.79 Å². The molecule has 1 unspecified atom stereocenters. The van der Waals surface area contributed by atoms with E-state index in [1.54, 1.807) is 0 Å². The topological polar surface area (TPSA) is 29.1 Å². The molecule has 3 saturated carbocycles. The Bertz CT molecular complexity index is 345. The van der Waals surface area contributed by atoms with Crippen LogP contribution in [0.15, 0.2) is 0 Å². The molecule has 1 N–H and O–H groups in total. The third-order valence-corrected chi connectivity index (χ3v) is 4.90. The third-order valence-electron chi connectivity index (χ3n) is 4.90. The summed E-state index contributed by atoms with van der Waals surface area (Å²) >= 11 is 0. The molecule has 0 saturated heterocycles. The van der Waals surface area contributed by atoms with E-state index in [9.17, 15) is 4.79 Å². The fourth-order valence-electron chi connectivity index (χ4n) is 4.10. The van der Waals surface area contributed by atoms with Crippen molar-refractivity contribution in [1.29, 1.82) is 0 Å². The van der Waals surface area contributed by atoms with Crippen LogP contribution < -0.4 is 5.32 Å². The number of ketones is 1. The lowest BCUT2D eigenvalue weighted by molar-refractivity contribution is -0.129. The molecule has 0 aliphatic heterocycles. The van der Waals surface area contributed by atoms with Gasteiger partial charge in [0.25, 0.3) is 0 Å². The van der Waals surface area contributed by atoms with E-state index in [0.717, 1.165) is 24.2 Å². The van der Waals surface area contributed by atoms with Gasteiger partial charge in [-0.25, -0.2) is 0 Å². The minimum atomic E-state index is -0.250. The van der Waals surface area contributed by atoms with Gasteiger partial charge in [0.1, 0.15) is 0 Å². The molecule has 3 aliphatic carbocycles. The molecule has 21 heavy (non-hydrogen) atoms. The fraction of sp³-hybridized carbons (Fsp3) is 0.947. The number of hydrogen-bond acceptors (Lipinski definition) is 2. The lowest BCUT2D eigenvalue weighted by atomic mass is 9.60. The van der Waals surface area contributed by atoms with Crippen LogP contribution in [0.1, 0.15) is 81.1 Å². The summed E-state index contributed by atoms with van der Waals surface area (Å²) < 4.78 is 0. The summed E-state index contributed by atoms with van der Waals surface area (Å²) in [7, 11) is 0. The molecule has 0 aromatic rings. The van der Waals surface area contributed by atoms with Gasteiger partial charge in [0, 0.05) is 11.0 Å². The zero-order valence-corrected chi connectivity index (χ0v) is 14.3. The minimum Gasteiger partial charge on any atom is -0.303 e. The standard InChI is InChI=1S/C18H33NO.CH4/c1-17(2,3)16(20)15(19-18(4,5)6)11-14-9-12-7-13(8-12)10-14;/h12-15,19H,7-11H2,1-6H3;1H4. The van der Waals surface area contributed by atoms with Gasteiger partial charge in [-0.1, -0.05) is 28.2 Å². The largest absolute Gasteiger partial charge is 0.303 e. The van der Waals surface area contributed by atoms with Crippen molar-refractivity contribution in [1.82, 2.24) is 5.32 Å². The van der Waals surface area contributed by atoms with Crippen LogP contribution >= 0.6 is 0 Å². The first kappa shape index (κ1) is 18.7. The summed E-state index contributed by atoms with van der Waals surface area (Å²) in [5.74, 6) is 3.09. The van der Waals surface area contributed by atoms with Crippen molar-refractivity contribution in [3.8, 4) is 0 Å². The van der Waals surface area contributed by atoms with E-state index >= 15 is 0 Å². The summed E-state index contributed by atoms with van der Waals surface area (Å²) in [5.41, 5.74) is -0.246. The maximum atomic E-state index is 12.7. The molecule has 124 valence electrons. The van der Waals surface area contributed by atoms with E-state index in [4.69, 9.17) is 0 Å². The predicted molar refractivity (Wildman–Crippen MR) is 91.4 cm³/mol. The Morgan fingerprint density at radius 2 is 1.48 bits per heavy atom. The first-order valence-corrected chi connectivity index (χ1v) is 8.36. The number of fused-ring (bicyclic) bond motifs is 2. The lowest BCUT2D eigenvalue weighted by Crippen LogP contribution is -2.52. The first-order chi connectivity index (χ1) is 9.04. The zero-order chi connectivity index (χ0) is 15.1. The van der Waals surface area contributed by atoms with Crippen LogP contribution in [0.5, 0.6) is 0 Å². The maximum Gasteiger partial charge on any atom is 0.155 e. The van der Waals surface area contributed by atoms with Crippen molar-refractivity contribution in [2.24, 2.45) is 23.2 Å². The molecular weight excluding hydrogens is 258 g/mol. The average Bonchev–Trinajstić information content (AvgIpc) is 2.23. The molecular formula is C19H37NO. The SMILES string of the molecule is C.CC(C)(C)NC(CC1CC2CC(C2)C1)C(=O)C(C)(C)C. The second kappa shape index (κ2) is 6.40. The van der Waals surface area contributed by atoms with Crippen molar-refractivity contribution in [2.75, 3.05) is 0 Å². The Morgan fingerprint density at radius 1 is 1.00 bits per heavy atom. The quantitative estimate of drug-likeness (QED) is 0.805. The lowest BCUT2D eigenvalue weighted by Gasteiger charge is -2.46. The second-order valence-electron chi connectivity index (χ2n) is 9.34. The normalized spacial score (nSPS) is 30.1. The third kappa shape index (κ3) is 5.09. The van der Waals surface area contributed by atoms with Crippen LogP contribution in [0.2, 0.25) is 0 Å². The van der Waals surface area contributed by atoms with E-state index < -0.39 is 0 Å². The van der Waals surface area contributed by atoms with Crippen LogP contribution in [-0.4, -0.2) is 17.4 Å². The van der Waals surface area contributed by atoms with Gasteiger partial charge in [-0.2, -0.15) is 0 Å². The summed E-state index contributed by atoms with van der Waals surface area (Å²) in [6.45, 7) is 12.6. The molecule has 0 heterocycles. The molecule has 0 aromatic heterocycles. The van der Waals surface area contributed by atoms with Crippen LogP contribution in [0.3, 0.4) is 0 Å². The van der Waals surface area contributed by atoms with Crippen molar-refractivity contribution >= 4 is 5.78 Å². The van der Waals surface area contributed by atoms with Crippen LogP contribution in [0.4, 0.5) is 0 Å². The molecule has 2 nitrogen and oxygen atoms in total. The molecule has 0 aromatic carbocycles. The smallest absolute Gasteiger partial charge is 0.155 e. The Kier molecular flexibility index (Phi) is 5.69. The van der Waals surface area contributed by atoms with Crippen LogP contribution in [0.25, 0.3) is 0 Å². The van der Waals surface area contributed by atoms with Crippen LogP contribution in [0, 0.1) is 23.2 Å². The zero-order valence-electron chi connectivity index (χ0n) is 14.3. The summed E-state index contributed by atoms with van der Waals surface area (Å²) in [6.07, 6.45) is 6.68. The predicted octanol–water partition coefficient (Wildman–Crippen LogP) is 4.82. The molecule has 0 radical (unpaired) electrons. The highest BCUT2D eigenvalue weighted by Crippen LogP contribution is 2.49. The molecule has 2 bridgehead atoms. The molecule has 2 heteroatoms. The van der Waals surface area contributed by atoms with Crippen molar-refractivity contribution in [3.63, 3.8) is 0 Å². The molecule has 3 fully saturated rings. The van der Waals surface area contributed by atoms with E-state index in [2.05, 4.69) is 26.1 Å². The molecule has 0 amide bonds. The van der Waals surface area contributed by atoms with Gasteiger partial charge in [0.15, 0.2) is 5.78 Å². The van der Waals surface area contributed by atoms with Gasteiger partial charge in [0.05, 0.1) is 6.04 Å². The number of rotatable bonds is 4. The molecule has 3 aliphatic rings. The van der Waals surface area contributed by atoms with Crippen molar-refractivity contribution < 1.29 is 4.79 Å². The number of Topliss-reactive ketones (excluding diaryl/α,β-unsaturated/α-hetero) is 1. The number of carbonyl (C=O) groups is 1. The van der Waals surface area contributed by atoms with E-state index in [-0.39, 0.29) is 24.4 Å². The highest BCUT2D eigenvalue weighted by Gasteiger charge is 2.41. The second-order valence-corrected chi connectivity index (χ2v) is 9.34. The van der Waals surface area contributed by atoms with Crippen molar-refractivity contribution in [3.05, 3.63) is 0 Å². The van der Waals surface area contributed by atoms with E-state index in [0.29, 0.717) is 5.78 Å². The van der Waals surface area contributed by atoms with Gasteiger partial charge < -0.3 is 5.32 Å². The fourth-order valence-corrected chi connectivity index (χ4v) is 4.10. The van der Waals surface area contributed by atoms with Gasteiger partial charge in [-0.3, -0.25) is 4.79 Å². The Hall–Kier alpha value is -0.370. The average molecular weight is 296 g/mol. The van der Waals surface area contributed by atoms with Gasteiger partial charge in [0.2, 0.25) is 0 Å². The summed E-state index contributed by atoms with van der Waals surface area (Å²) in [6, 6.07) is 0.0255. The van der Waals surface area contributed by atoms with Crippen molar-refractivity contribution in [2.45, 2.75) is 92.7 Å². The minimum absolute atomic E-state index is 0. The highest BCUT2D eigenvalue weighted by atomic mass is 16.1. The summed E-state index contributed by atoms with van der Waals surface area (Å²) in [5, 5.41) is 3.59. The molecule has 1 atom stereocenters. The first-order valence-electron chi connectivity index (χ1n) is 8.36. The Morgan fingerprint density at radius 3 is 1.86 bits per heavy atom. The van der Waals surface area contributed by atoms with Gasteiger partial charge >= 0.3 is 0 Å². The number of carbonyl (C=O) groups excluding carboxylic acids is 1. The number of nitrogens with one attached hydrogen (secondary N) is 1. The Labute approximate surface area is 132 Å². The maximum absolute atomic E-state index is 12.7. The van der Waals surface area contributed by atoms with Gasteiger partial charge in [-0.15, -0.1) is 0 Å². The number of hydrogen-bond donors (Lipinski definition) is 1. The van der Waals surface area contributed by atoms with E-state index in [1.807, 2.05) is 20.8 Å². The van der Waals surface area contributed by atoms with E-state index in [1.165, 1.54) is 25.7 Å². The van der Waals surface area contributed by atoms with Gasteiger partial charge in [-0.05, 0) is 70.6 Å². The monoisotopic (exact) mass is 295 g/mol. The molecule has 0 spiro atoms. The molecule has 3 rings (SSSR count). The highest BCUT2D eigenvalue weighted by molar-refractivity contribution is 5.88. The Balaban J connectivity index is 0.00000220. The summed E-state index contributed by atoms with van der Waals surface area (Å²) in [4.78, 5) is 12.7.